The molecule has 106 valence electrons. The van der Waals surface area contributed by atoms with E-state index in [2.05, 4.69) is 9.55 Å². The Morgan fingerprint density at radius 1 is 1.42 bits per heavy atom. The van der Waals surface area contributed by atoms with Crippen molar-refractivity contribution in [3.63, 3.8) is 0 Å². The van der Waals surface area contributed by atoms with Crippen molar-refractivity contribution in [3.05, 3.63) is 17.7 Å². The lowest BCUT2D eigenvalue weighted by atomic mass is 10.0. The van der Waals surface area contributed by atoms with Crippen molar-refractivity contribution in [2.24, 2.45) is 11.7 Å². The molecule has 0 bridgehead atoms. The van der Waals surface area contributed by atoms with Crippen LogP contribution >= 0.6 is 0 Å². The number of aromatic nitrogens is 2. The van der Waals surface area contributed by atoms with Gasteiger partial charge in [-0.3, -0.25) is 0 Å². The lowest BCUT2D eigenvalue weighted by Crippen LogP contribution is -2.33. The third-order valence-corrected chi connectivity index (χ3v) is 6.13. The quantitative estimate of drug-likeness (QED) is 0.858. The second-order valence-electron chi connectivity index (χ2n) is 5.90. The molecule has 0 radical (unpaired) electrons. The van der Waals surface area contributed by atoms with Crippen LogP contribution < -0.4 is 5.73 Å². The van der Waals surface area contributed by atoms with Crippen LogP contribution in [0.25, 0.3) is 0 Å². The third-order valence-electron chi connectivity index (χ3n) is 4.24. The Hall–Kier alpha value is -0.880. The van der Waals surface area contributed by atoms with Gasteiger partial charge in [0.25, 0.3) is 0 Å². The van der Waals surface area contributed by atoms with Gasteiger partial charge in [-0.15, -0.1) is 0 Å². The van der Waals surface area contributed by atoms with Crippen LogP contribution in [0, 0.1) is 5.92 Å². The van der Waals surface area contributed by atoms with Crippen molar-refractivity contribution in [3.8, 4) is 0 Å². The maximum Gasteiger partial charge on any atom is 0.150 e. The molecule has 0 spiro atoms. The zero-order valence-corrected chi connectivity index (χ0v) is 11.9. The average Bonchev–Trinajstić information content (AvgIpc) is 2.71. The summed E-state index contributed by atoms with van der Waals surface area (Å²) in [7, 11) is -2.83. The average molecular weight is 283 g/mol. The first kappa shape index (κ1) is 13.1. The lowest BCUT2D eigenvalue weighted by molar-refractivity contribution is 0.423. The molecule has 1 saturated heterocycles. The first-order valence-corrected chi connectivity index (χ1v) is 8.85. The summed E-state index contributed by atoms with van der Waals surface area (Å²) in [6, 6.07) is 0.204. The van der Waals surface area contributed by atoms with Crippen LogP contribution in [-0.4, -0.2) is 35.5 Å². The van der Waals surface area contributed by atoms with Crippen LogP contribution in [0.4, 0.5) is 0 Å². The van der Waals surface area contributed by atoms with E-state index in [1.807, 2.05) is 6.20 Å². The number of imidazole rings is 1. The van der Waals surface area contributed by atoms with Crippen LogP contribution in [0.2, 0.25) is 0 Å². The first-order valence-electron chi connectivity index (χ1n) is 7.03. The molecule has 2 N–H and O–H groups in total. The number of sulfone groups is 1. The molecular formula is C13H21N3O2S. The number of hydrogen-bond donors (Lipinski definition) is 1. The molecule has 5 nitrogen and oxygen atoms in total. The first-order chi connectivity index (χ1) is 9.03. The molecule has 1 aromatic rings. The largest absolute Gasteiger partial charge is 0.330 e. The standard InChI is InChI=1S/C13H21N3O2S/c14-11-3-4-12-7-15-13(16(12)8-11)6-10-2-1-5-19(17,18)9-10/h7,10-11H,1-6,8-9,14H2. The Bertz CT molecular complexity index is 564. The van der Waals surface area contributed by atoms with E-state index in [-0.39, 0.29) is 12.0 Å². The predicted molar refractivity (Wildman–Crippen MR) is 73.6 cm³/mol. The summed E-state index contributed by atoms with van der Waals surface area (Å²) >= 11 is 0. The van der Waals surface area contributed by atoms with Crippen molar-refractivity contribution in [1.82, 2.24) is 9.55 Å². The van der Waals surface area contributed by atoms with Crippen molar-refractivity contribution >= 4 is 9.84 Å². The molecule has 6 heteroatoms. The molecule has 2 aliphatic rings. The van der Waals surface area contributed by atoms with E-state index in [0.717, 1.165) is 44.5 Å². The summed E-state index contributed by atoms with van der Waals surface area (Å²) < 4.78 is 25.6. The summed E-state index contributed by atoms with van der Waals surface area (Å²) in [5, 5.41) is 0. The summed E-state index contributed by atoms with van der Waals surface area (Å²) in [4.78, 5) is 4.49. The molecule has 0 aliphatic carbocycles. The highest BCUT2D eigenvalue weighted by Gasteiger charge is 2.27. The van der Waals surface area contributed by atoms with Gasteiger partial charge in [0.15, 0.2) is 9.84 Å². The molecule has 1 fully saturated rings. The predicted octanol–water partition coefficient (Wildman–Crippen LogP) is 0.524. The normalized spacial score (nSPS) is 29.9. The van der Waals surface area contributed by atoms with Gasteiger partial charge in [0.05, 0.1) is 11.5 Å². The fourth-order valence-electron chi connectivity index (χ4n) is 3.24. The van der Waals surface area contributed by atoms with Gasteiger partial charge in [-0.05, 0) is 31.6 Å². The highest BCUT2D eigenvalue weighted by Crippen LogP contribution is 2.24. The second-order valence-corrected chi connectivity index (χ2v) is 8.13. The van der Waals surface area contributed by atoms with Crippen molar-refractivity contribution in [2.75, 3.05) is 11.5 Å². The van der Waals surface area contributed by atoms with Crippen LogP contribution in [0.3, 0.4) is 0 Å². The molecule has 3 heterocycles. The van der Waals surface area contributed by atoms with E-state index < -0.39 is 9.84 Å². The minimum absolute atomic E-state index is 0.204. The summed E-state index contributed by atoms with van der Waals surface area (Å²) in [5.74, 6) is 1.92. The van der Waals surface area contributed by atoms with Crippen LogP contribution in [0.1, 0.15) is 30.8 Å². The Labute approximate surface area is 114 Å². The highest BCUT2D eigenvalue weighted by atomic mass is 32.2. The van der Waals surface area contributed by atoms with Crippen LogP contribution in [0.5, 0.6) is 0 Å². The number of nitrogens with zero attached hydrogens (tertiary/aromatic N) is 2. The third kappa shape index (κ3) is 2.84. The Balaban J connectivity index is 1.75. The van der Waals surface area contributed by atoms with E-state index in [0.29, 0.717) is 11.5 Å². The zero-order valence-electron chi connectivity index (χ0n) is 11.1. The molecular weight excluding hydrogens is 262 g/mol. The fourth-order valence-corrected chi connectivity index (χ4v) is 5.01. The maximum atomic E-state index is 11.7. The van der Waals surface area contributed by atoms with Gasteiger partial charge in [0.2, 0.25) is 0 Å². The number of hydrogen-bond acceptors (Lipinski definition) is 4. The number of fused-ring (bicyclic) bond motifs is 1. The van der Waals surface area contributed by atoms with Crippen LogP contribution in [0.15, 0.2) is 6.20 Å². The molecule has 0 aromatic carbocycles. The van der Waals surface area contributed by atoms with Gasteiger partial charge >= 0.3 is 0 Å². The number of nitrogens with two attached hydrogens (primary N) is 1. The lowest BCUT2D eigenvalue weighted by Gasteiger charge is -2.25. The minimum atomic E-state index is -2.83. The molecule has 19 heavy (non-hydrogen) atoms. The fraction of sp³-hybridized carbons (Fsp3) is 0.769. The van der Waals surface area contributed by atoms with Gasteiger partial charge < -0.3 is 10.3 Å². The van der Waals surface area contributed by atoms with Gasteiger partial charge in [-0.1, -0.05) is 0 Å². The summed E-state index contributed by atoms with van der Waals surface area (Å²) in [6.07, 6.45) is 6.48. The Kier molecular flexibility index (Phi) is 3.39. The summed E-state index contributed by atoms with van der Waals surface area (Å²) in [6.45, 7) is 0.824. The molecule has 0 amide bonds. The summed E-state index contributed by atoms with van der Waals surface area (Å²) in [5.41, 5.74) is 7.26. The van der Waals surface area contributed by atoms with E-state index in [4.69, 9.17) is 5.73 Å². The topological polar surface area (TPSA) is 78.0 Å². The maximum absolute atomic E-state index is 11.7. The molecule has 0 saturated carbocycles. The van der Waals surface area contributed by atoms with Gasteiger partial charge in [-0.2, -0.15) is 0 Å². The zero-order chi connectivity index (χ0) is 13.5. The molecule has 2 unspecified atom stereocenters. The van der Waals surface area contributed by atoms with Gasteiger partial charge in [-0.25, -0.2) is 13.4 Å². The SMILES string of the molecule is NC1CCc2cnc(CC3CCCS(=O)(=O)C3)n2C1. The monoisotopic (exact) mass is 283 g/mol. The molecule has 2 atom stereocenters. The Morgan fingerprint density at radius 2 is 2.26 bits per heavy atom. The van der Waals surface area contributed by atoms with E-state index in [1.54, 1.807) is 0 Å². The van der Waals surface area contributed by atoms with Crippen molar-refractivity contribution < 1.29 is 8.42 Å². The second kappa shape index (κ2) is 4.90. The smallest absolute Gasteiger partial charge is 0.150 e. The molecule has 2 aliphatic heterocycles. The van der Waals surface area contributed by atoms with E-state index >= 15 is 0 Å². The number of aryl methyl sites for hydroxylation is 1. The number of rotatable bonds is 2. The molecule has 3 rings (SSSR count). The van der Waals surface area contributed by atoms with Crippen LogP contribution in [-0.2, 0) is 29.2 Å². The highest BCUT2D eigenvalue weighted by molar-refractivity contribution is 7.91. The van der Waals surface area contributed by atoms with E-state index in [1.165, 1.54) is 5.69 Å². The Morgan fingerprint density at radius 3 is 3.05 bits per heavy atom. The van der Waals surface area contributed by atoms with Gasteiger partial charge in [0.1, 0.15) is 5.82 Å². The van der Waals surface area contributed by atoms with Crippen molar-refractivity contribution in [2.45, 2.75) is 44.7 Å². The van der Waals surface area contributed by atoms with Crippen molar-refractivity contribution in [1.29, 1.82) is 0 Å². The van der Waals surface area contributed by atoms with Gasteiger partial charge in [0, 0.05) is 30.9 Å². The minimum Gasteiger partial charge on any atom is -0.330 e. The van der Waals surface area contributed by atoms with E-state index in [9.17, 15) is 8.42 Å². The molecule has 1 aromatic heterocycles.